The van der Waals surface area contributed by atoms with Crippen molar-refractivity contribution < 1.29 is 23.9 Å². The second-order valence-corrected chi connectivity index (χ2v) is 9.06. The number of thiophene rings is 2. The predicted molar refractivity (Wildman–Crippen MR) is 122 cm³/mol. The van der Waals surface area contributed by atoms with Gasteiger partial charge in [0.15, 0.2) is 11.5 Å². The van der Waals surface area contributed by atoms with Crippen LogP contribution < -0.4 is 9.47 Å². The third-order valence-electron chi connectivity index (χ3n) is 5.29. The Morgan fingerprint density at radius 3 is 2.72 bits per heavy atom. The van der Waals surface area contributed by atoms with E-state index in [-0.39, 0.29) is 35.4 Å². The van der Waals surface area contributed by atoms with Crippen molar-refractivity contribution in [3.63, 3.8) is 0 Å². The van der Waals surface area contributed by atoms with Gasteiger partial charge in [-0.15, -0.1) is 22.7 Å². The van der Waals surface area contributed by atoms with Crippen LogP contribution in [0.15, 0.2) is 41.1 Å². The molecule has 0 N–H and O–H groups in total. The third kappa shape index (κ3) is 4.21. The summed E-state index contributed by atoms with van der Waals surface area (Å²) in [6.45, 7) is 0.988. The highest BCUT2D eigenvalue weighted by atomic mass is 32.1. The molecule has 32 heavy (non-hydrogen) atoms. The molecule has 1 aliphatic heterocycles. The van der Waals surface area contributed by atoms with E-state index in [1.165, 1.54) is 31.2 Å². The van der Waals surface area contributed by atoms with Crippen LogP contribution in [0.3, 0.4) is 0 Å². The third-order valence-corrected chi connectivity index (χ3v) is 7.21. The van der Waals surface area contributed by atoms with E-state index in [2.05, 4.69) is 0 Å². The molecule has 10 heteroatoms. The molecule has 1 unspecified atom stereocenters. The van der Waals surface area contributed by atoms with Gasteiger partial charge < -0.3 is 19.1 Å². The number of nitrogens with zero attached hydrogens (tertiary/aromatic N) is 2. The molecule has 0 saturated carbocycles. The predicted octanol–water partition coefficient (Wildman–Crippen LogP) is 4.54. The van der Waals surface area contributed by atoms with Crippen molar-refractivity contribution in [3.8, 4) is 11.5 Å². The van der Waals surface area contributed by atoms with Crippen LogP contribution in [0.2, 0.25) is 0 Å². The maximum absolute atomic E-state index is 13.7. The number of carbonyl (C=O) groups is 1. The van der Waals surface area contributed by atoms with E-state index >= 15 is 0 Å². The average molecular weight is 475 g/mol. The normalized spacial score (nSPS) is 15.3. The van der Waals surface area contributed by atoms with Crippen LogP contribution in [-0.4, -0.2) is 49.7 Å². The quantitative estimate of drug-likeness (QED) is 0.270. The molecular weight excluding hydrogens is 452 g/mol. The van der Waals surface area contributed by atoms with Crippen molar-refractivity contribution in [2.45, 2.75) is 12.5 Å². The van der Waals surface area contributed by atoms with Crippen LogP contribution in [-0.2, 0) is 11.2 Å². The monoisotopic (exact) mass is 474 g/mol. The van der Waals surface area contributed by atoms with Crippen LogP contribution >= 0.6 is 22.7 Å². The highest BCUT2D eigenvalue weighted by Crippen LogP contribution is 2.42. The van der Waals surface area contributed by atoms with Crippen LogP contribution in [0.25, 0.3) is 0 Å². The first-order chi connectivity index (χ1) is 15.5. The molecule has 1 aromatic carbocycles. The number of hydrogen-bond acceptors (Lipinski definition) is 8. The SMILES string of the molecule is COCCOc1cc([N+](=O)[O-])c(C(=O)N2CCc3sccc3C2c2cccs2)cc1OC. The molecule has 0 radical (unpaired) electrons. The minimum atomic E-state index is -0.560. The Morgan fingerprint density at radius 1 is 1.19 bits per heavy atom. The molecule has 8 nitrogen and oxygen atoms in total. The van der Waals surface area contributed by atoms with Gasteiger partial charge >= 0.3 is 0 Å². The van der Waals surface area contributed by atoms with Crippen LogP contribution in [0.1, 0.15) is 31.7 Å². The van der Waals surface area contributed by atoms with Crippen molar-refractivity contribution >= 4 is 34.3 Å². The second-order valence-electron chi connectivity index (χ2n) is 7.08. The van der Waals surface area contributed by atoms with Gasteiger partial charge in [0.25, 0.3) is 11.6 Å². The van der Waals surface area contributed by atoms with Gasteiger partial charge in [-0.1, -0.05) is 6.07 Å². The number of nitro groups is 1. The van der Waals surface area contributed by atoms with Gasteiger partial charge in [-0.3, -0.25) is 14.9 Å². The second kappa shape index (κ2) is 9.68. The molecule has 0 aliphatic carbocycles. The van der Waals surface area contributed by atoms with Crippen molar-refractivity contribution in [1.82, 2.24) is 4.90 Å². The Bertz CT molecular complexity index is 1110. The molecule has 4 rings (SSSR count). The zero-order valence-corrected chi connectivity index (χ0v) is 19.2. The number of carbonyl (C=O) groups excluding carboxylic acids is 1. The Labute approximate surface area is 193 Å². The number of nitro benzene ring substituents is 1. The van der Waals surface area contributed by atoms with E-state index in [0.717, 1.165) is 10.4 Å². The fourth-order valence-electron chi connectivity index (χ4n) is 3.82. The van der Waals surface area contributed by atoms with E-state index in [1.54, 1.807) is 27.6 Å². The minimum Gasteiger partial charge on any atom is -0.493 e. The zero-order chi connectivity index (χ0) is 22.7. The molecular formula is C22H22N2O6S2. The Morgan fingerprint density at radius 2 is 2.03 bits per heavy atom. The van der Waals surface area contributed by atoms with Crippen molar-refractivity contribution in [2.24, 2.45) is 0 Å². The number of ether oxygens (including phenoxy) is 3. The lowest BCUT2D eigenvalue weighted by molar-refractivity contribution is -0.385. The molecule has 1 aliphatic rings. The van der Waals surface area contributed by atoms with Gasteiger partial charge in [-0.25, -0.2) is 0 Å². The number of fused-ring (bicyclic) bond motifs is 1. The molecule has 0 saturated heterocycles. The van der Waals surface area contributed by atoms with Gasteiger partial charge in [0, 0.05) is 29.5 Å². The van der Waals surface area contributed by atoms with E-state index in [0.29, 0.717) is 19.6 Å². The lowest BCUT2D eigenvalue weighted by Crippen LogP contribution is -2.40. The Balaban J connectivity index is 1.75. The van der Waals surface area contributed by atoms with Crippen molar-refractivity contribution in [2.75, 3.05) is 34.0 Å². The molecule has 2 aromatic heterocycles. The molecule has 3 heterocycles. The first-order valence-electron chi connectivity index (χ1n) is 9.94. The molecule has 0 spiro atoms. The topological polar surface area (TPSA) is 91.1 Å². The molecule has 0 bridgehead atoms. The van der Waals surface area contributed by atoms with Gasteiger partial charge in [-0.2, -0.15) is 0 Å². The van der Waals surface area contributed by atoms with E-state index in [9.17, 15) is 14.9 Å². The number of benzene rings is 1. The Hall–Kier alpha value is -2.95. The summed E-state index contributed by atoms with van der Waals surface area (Å²) in [6, 6.07) is 8.34. The number of hydrogen-bond donors (Lipinski definition) is 0. The van der Waals surface area contributed by atoms with Gasteiger partial charge in [-0.05, 0) is 34.9 Å². The smallest absolute Gasteiger partial charge is 0.286 e. The van der Waals surface area contributed by atoms with E-state index in [4.69, 9.17) is 14.2 Å². The maximum Gasteiger partial charge on any atom is 0.286 e. The molecule has 1 amide bonds. The fourth-order valence-corrected chi connectivity index (χ4v) is 5.58. The summed E-state index contributed by atoms with van der Waals surface area (Å²) in [6.07, 6.45) is 0.712. The lowest BCUT2D eigenvalue weighted by atomic mass is 9.97. The molecule has 3 aromatic rings. The minimum absolute atomic E-state index is 0.0221. The number of rotatable bonds is 8. The first kappa shape index (κ1) is 22.3. The maximum atomic E-state index is 13.7. The summed E-state index contributed by atoms with van der Waals surface area (Å²) in [5.41, 5.74) is 0.738. The largest absolute Gasteiger partial charge is 0.493 e. The first-order valence-corrected chi connectivity index (χ1v) is 11.7. The molecule has 1 atom stereocenters. The lowest BCUT2D eigenvalue weighted by Gasteiger charge is -2.35. The summed E-state index contributed by atoms with van der Waals surface area (Å²) in [5.74, 6) is 0.0472. The van der Waals surface area contributed by atoms with Crippen molar-refractivity contribution in [1.29, 1.82) is 0 Å². The van der Waals surface area contributed by atoms with Gasteiger partial charge in [0.1, 0.15) is 12.2 Å². The summed E-state index contributed by atoms with van der Waals surface area (Å²) in [4.78, 5) is 29.0. The van der Waals surface area contributed by atoms with E-state index < -0.39 is 10.8 Å². The summed E-state index contributed by atoms with van der Waals surface area (Å²) in [7, 11) is 2.97. The van der Waals surface area contributed by atoms with Crippen LogP contribution in [0, 0.1) is 10.1 Å². The number of methoxy groups -OCH3 is 2. The summed E-state index contributed by atoms with van der Waals surface area (Å²) in [5, 5.41) is 15.9. The fraction of sp³-hybridized carbons (Fsp3) is 0.318. The number of amides is 1. The van der Waals surface area contributed by atoms with Gasteiger partial charge in [0.05, 0.1) is 30.7 Å². The zero-order valence-electron chi connectivity index (χ0n) is 17.6. The van der Waals surface area contributed by atoms with Crippen LogP contribution in [0.4, 0.5) is 5.69 Å². The summed E-state index contributed by atoms with van der Waals surface area (Å²) >= 11 is 3.24. The Kier molecular flexibility index (Phi) is 6.73. The van der Waals surface area contributed by atoms with Crippen LogP contribution in [0.5, 0.6) is 11.5 Å². The molecule has 168 valence electrons. The van der Waals surface area contributed by atoms with E-state index in [1.807, 2.05) is 29.0 Å². The summed E-state index contributed by atoms with van der Waals surface area (Å²) < 4.78 is 15.9. The van der Waals surface area contributed by atoms with Crippen molar-refractivity contribution in [3.05, 3.63) is 72.1 Å². The highest BCUT2D eigenvalue weighted by Gasteiger charge is 2.37. The average Bonchev–Trinajstić information content (AvgIpc) is 3.49. The molecule has 0 fully saturated rings. The standard InChI is InChI=1S/C22H22N2O6S2/c1-28-8-9-30-18-13-16(24(26)27)15(12-17(18)29-2)22(25)23-7-5-19-14(6-11-32-19)21(23)20-4-3-10-31-20/h3-4,6,10-13,21H,5,7-9H2,1-2H3. The van der Waals surface area contributed by atoms with Gasteiger partial charge in [0.2, 0.25) is 0 Å². The highest BCUT2D eigenvalue weighted by molar-refractivity contribution is 7.10.